The van der Waals surface area contributed by atoms with Crippen LogP contribution in [0.2, 0.25) is 5.02 Å². The van der Waals surface area contributed by atoms with Crippen LogP contribution in [0.25, 0.3) is 0 Å². The van der Waals surface area contributed by atoms with E-state index in [9.17, 15) is 18.0 Å². The first-order valence-corrected chi connectivity index (χ1v) is 9.82. The summed E-state index contributed by atoms with van der Waals surface area (Å²) in [6.45, 7) is 1.94. The number of anilines is 2. The topological polar surface area (TPSA) is 102 Å². The van der Waals surface area contributed by atoms with Gasteiger partial charge >= 0.3 is 5.97 Å². The van der Waals surface area contributed by atoms with Crippen molar-refractivity contribution in [2.24, 2.45) is 0 Å². The molecule has 2 aromatic rings. The summed E-state index contributed by atoms with van der Waals surface area (Å²) in [7, 11) is -3.49. The lowest BCUT2D eigenvalue weighted by Crippen LogP contribution is -2.15. The van der Waals surface area contributed by atoms with Crippen LogP contribution < -0.4 is 10.0 Å². The van der Waals surface area contributed by atoms with Gasteiger partial charge in [0.05, 0.1) is 29.0 Å². The summed E-state index contributed by atoms with van der Waals surface area (Å²) in [5.74, 6) is -1.05. The maximum absolute atomic E-state index is 12.5. The zero-order valence-corrected chi connectivity index (χ0v) is 15.6. The van der Waals surface area contributed by atoms with Crippen molar-refractivity contribution < 1.29 is 22.7 Å². The number of esters is 1. The Balaban J connectivity index is 2.23. The fourth-order valence-electron chi connectivity index (χ4n) is 2.11. The van der Waals surface area contributed by atoms with Gasteiger partial charge in [0.25, 0.3) is 5.91 Å². The SMILES string of the molecule is CCOC(=O)c1cccc(NC(=O)c2cc(NS(C)(=O)=O)ccc2Cl)c1. The monoisotopic (exact) mass is 396 g/mol. The molecule has 0 atom stereocenters. The number of hydrogen-bond donors (Lipinski definition) is 2. The maximum atomic E-state index is 12.5. The number of halogens is 1. The Kier molecular flexibility index (Phi) is 6.23. The van der Waals surface area contributed by atoms with Crippen LogP contribution >= 0.6 is 11.6 Å². The van der Waals surface area contributed by atoms with Gasteiger partial charge in [0, 0.05) is 11.4 Å². The average Bonchev–Trinajstić information content (AvgIpc) is 2.55. The summed E-state index contributed by atoms with van der Waals surface area (Å²) in [5, 5.41) is 2.77. The third-order valence-corrected chi connectivity index (χ3v) is 4.08. The molecule has 0 unspecified atom stereocenters. The van der Waals surface area contributed by atoms with E-state index in [1.165, 1.54) is 24.3 Å². The molecule has 0 heterocycles. The van der Waals surface area contributed by atoms with Crippen LogP contribution in [0.1, 0.15) is 27.6 Å². The molecule has 0 radical (unpaired) electrons. The minimum Gasteiger partial charge on any atom is -0.462 e. The molecule has 0 saturated carbocycles. The minimum atomic E-state index is -3.49. The number of nitrogens with one attached hydrogen (secondary N) is 2. The fourth-order valence-corrected chi connectivity index (χ4v) is 2.87. The molecule has 138 valence electrons. The highest BCUT2D eigenvalue weighted by Gasteiger charge is 2.14. The Hall–Kier alpha value is -2.58. The second kappa shape index (κ2) is 8.20. The van der Waals surface area contributed by atoms with Crippen LogP contribution in [-0.4, -0.2) is 33.2 Å². The number of carbonyl (C=O) groups excluding carboxylic acids is 2. The summed E-state index contributed by atoms with van der Waals surface area (Å²) >= 11 is 6.04. The molecule has 26 heavy (non-hydrogen) atoms. The van der Waals surface area contributed by atoms with Gasteiger partial charge in [0.2, 0.25) is 10.0 Å². The molecule has 0 aliphatic rings. The third kappa shape index (κ3) is 5.47. The van der Waals surface area contributed by atoms with Crippen molar-refractivity contribution in [1.82, 2.24) is 0 Å². The zero-order valence-electron chi connectivity index (χ0n) is 14.1. The highest BCUT2D eigenvalue weighted by atomic mass is 35.5. The summed E-state index contributed by atoms with van der Waals surface area (Å²) in [6.07, 6.45) is 1.00. The van der Waals surface area contributed by atoms with Crippen LogP contribution in [0.15, 0.2) is 42.5 Å². The Morgan fingerprint density at radius 2 is 1.85 bits per heavy atom. The number of sulfonamides is 1. The van der Waals surface area contributed by atoms with Crippen molar-refractivity contribution in [3.05, 3.63) is 58.6 Å². The highest BCUT2D eigenvalue weighted by molar-refractivity contribution is 7.92. The average molecular weight is 397 g/mol. The summed E-state index contributed by atoms with van der Waals surface area (Å²) < 4.78 is 29.8. The molecule has 7 nitrogen and oxygen atoms in total. The Morgan fingerprint density at radius 1 is 1.12 bits per heavy atom. The molecule has 9 heteroatoms. The van der Waals surface area contributed by atoms with E-state index in [-0.39, 0.29) is 22.9 Å². The number of benzene rings is 2. The Bertz CT molecular complexity index is 944. The van der Waals surface area contributed by atoms with Crippen LogP contribution in [0.3, 0.4) is 0 Å². The lowest BCUT2D eigenvalue weighted by atomic mass is 10.1. The van der Waals surface area contributed by atoms with E-state index < -0.39 is 21.9 Å². The normalized spacial score (nSPS) is 10.9. The first-order chi connectivity index (χ1) is 12.2. The maximum Gasteiger partial charge on any atom is 0.338 e. The van der Waals surface area contributed by atoms with Gasteiger partial charge in [-0.2, -0.15) is 0 Å². The van der Waals surface area contributed by atoms with E-state index in [4.69, 9.17) is 16.3 Å². The molecule has 0 saturated heterocycles. The van der Waals surface area contributed by atoms with Gasteiger partial charge in [-0.15, -0.1) is 0 Å². The van der Waals surface area contributed by atoms with E-state index in [0.717, 1.165) is 6.26 Å². The number of ether oxygens (including phenoxy) is 1. The second-order valence-electron chi connectivity index (χ2n) is 5.32. The predicted octanol–water partition coefficient (Wildman–Crippen LogP) is 3.14. The van der Waals surface area contributed by atoms with E-state index in [2.05, 4.69) is 10.0 Å². The van der Waals surface area contributed by atoms with Gasteiger partial charge in [-0.25, -0.2) is 13.2 Å². The van der Waals surface area contributed by atoms with Gasteiger partial charge in [0.15, 0.2) is 0 Å². The van der Waals surface area contributed by atoms with E-state index in [0.29, 0.717) is 11.3 Å². The van der Waals surface area contributed by atoms with Gasteiger partial charge in [0.1, 0.15) is 0 Å². The third-order valence-electron chi connectivity index (χ3n) is 3.15. The van der Waals surface area contributed by atoms with Crippen LogP contribution in [0.4, 0.5) is 11.4 Å². The quantitative estimate of drug-likeness (QED) is 0.730. The first-order valence-electron chi connectivity index (χ1n) is 7.55. The molecule has 1 amide bonds. The summed E-state index contributed by atoms with van der Waals surface area (Å²) in [5.41, 5.74) is 0.963. The number of rotatable bonds is 6. The predicted molar refractivity (Wildman–Crippen MR) is 100 cm³/mol. The van der Waals surface area contributed by atoms with Crippen LogP contribution in [0, 0.1) is 0 Å². The van der Waals surface area contributed by atoms with Gasteiger partial charge in [-0.3, -0.25) is 9.52 Å². The molecule has 0 spiro atoms. The van der Waals surface area contributed by atoms with Crippen molar-refractivity contribution in [2.75, 3.05) is 22.9 Å². The molecule has 2 N–H and O–H groups in total. The smallest absolute Gasteiger partial charge is 0.338 e. The molecular formula is C17H17ClN2O5S. The number of amides is 1. The molecule has 0 aromatic heterocycles. The van der Waals surface area contributed by atoms with Crippen molar-refractivity contribution in [3.63, 3.8) is 0 Å². The molecular weight excluding hydrogens is 380 g/mol. The van der Waals surface area contributed by atoms with E-state index in [1.54, 1.807) is 25.1 Å². The van der Waals surface area contributed by atoms with E-state index >= 15 is 0 Å². The first kappa shape index (κ1) is 19.7. The molecule has 2 aromatic carbocycles. The fraction of sp³-hybridized carbons (Fsp3) is 0.176. The van der Waals surface area contributed by atoms with Gasteiger partial charge < -0.3 is 10.1 Å². The van der Waals surface area contributed by atoms with E-state index in [1.807, 2.05) is 0 Å². The summed E-state index contributed by atoms with van der Waals surface area (Å²) in [4.78, 5) is 24.2. The highest BCUT2D eigenvalue weighted by Crippen LogP contribution is 2.23. The van der Waals surface area contributed by atoms with Gasteiger partial charge in [-0.05, 0) is 43.3 Å². The number of carbonyl (C=O) groups is 2. The molecule has 0 aliphatic carbocycles. The minimum absolute atomic E-state index is 0.0851. The lowest BCUT2D eigenvalue weighted by molar-refractivity contribution is 0.0526. The van der Waals surface area contributed by atoms with Crippen molar-refractivity contribution in [2.45, 2.75) is 6.92 Å². The molecule has 0 fully saturated rings. The second-order valence-corrected chi connectivity index (χ2v) is 7.48. The van der Waals surface area contributed by atoms with Crippen molar-refractivity contribution >= 4 is 44.9 Å². The van der Waals surface area contributed by atoms with Crippen LogP contribution in [-0.2, 0) is 14.8 Å². The molecule has 0 aliphatic heterocycles. The lowest BCUT2D eigenvalue weighted by Gasteiger charge is -2.10. The van der Waals surface area contributed by atoms with Crippen LogP contribution in [0.5, 0.6) is 0 Å². The summed E-state index contributed by atoms with van der Waals surface area (Å²) in [6, 6.07) is 10.4. The standard InChI is InChI=1S/C17H17ClN2O5S/c1-3-25-17(22)11-5-4-6-12(9-11)19-16(21)14-10-13(7-8-15(14)18)20-26(2,23)24/h4-10,20H,3H2,1-2H3,(H,19,21). The largest absolute Gasteiger partial charge is 0.462 e. The number of hydrogen-bond acceptors (Lipinski definition) is 5. The van der Waals surface area contributed by atoms with Crippen molar-refractivity contribution in [1.29, 1.82) is 0 Å². The zero-order chi connectivity index (χ0) is 19.3. The van der Waals surface area contributed by atoms with Crippen molar-refractivity contribution in [3.8, 4) is 0 Å². The Labute approximate surface area is 156 Å². The molecule has 2 rings (SSSR count). The van der Waals surface area contributed by atoms with Gasteiger partial charge in [-0.1, -0.05) is 17.7 Å². The molecule has 0 bridgehead atoms. The Morgan fingerprint density at radius 3 is 2.50 bits per heavy atom.